The smallest absolute Gasteiger partial charge is 0.258 e. The van der Waals surface area contributed by atoms with E-state index >= 15 is 0 Å². The first-order chi connectivity index (χ1) is 10.6. The molecule has 0 aliphatic carbocycles. The second kappa shape index (κ2) is 7.40. The second-order valence-electron chi connectivity index (χ2n) is 4.97. The van der Waals surface area contributed by atoms with Gasteiger partial charge in [0.1, 0.15) is 5.75 Å². The first-order valence-corrected chi connectivity index (χ1v) is 7.04. The minimum absolute atomic E-state index is 0.0497. The lowest BCUT2D eigenvalue weighted by Gasteiger charge is -2.10. The van der Waals surface area contributed by atoms with E-state index in [-0.39, 0.29) is 18.1 Å². The van der Waals surface area contributed by atoms with E-state index in [0.717, 1.165) is 5.56 Å². The van der Waals surface area contributed by atoms with Crippen molar-refractivity contribution in [2.75, 3.05) is 13.2 Å². The van der Waals surface area contributed by atoms with Gasteiger partial charge in [-0.25, -0.2) is 4.98 Å². The molecular weight excluding hydrogens is 282 g/mol. The molecule has 116 valence electrons. The number of nitrogens with one attached hydrogen (secondary N) is 1. The predicted octanol–water partition coefficient (Wildman–Crippen LogP) is 1.06. The van der Waals surface area contributed by atoms with Crippen molar-refractivity contribution in [3.8, 4) is 5.75 Å². The molecular formula is C16H19N3O3. The summed E-state index contributed by atoms with van der Waals surface area (Å²) < 4.78 is 6.90. The van der Waals surface area contributed by atoms with Crippen molar-refractivity contribution in [2.45, 2.75) is 20.4 Å². The average Bonchev–Trinajstić information content (AvgIpc) is 2.49. The lowest BCUT2D eigenvalue weighted by atomic mass is 10.2. The molecule has 0 radical (unpaired) electrons. The number of amides is 1. The van der Waals surface area contributed by atoms with Crippen LogP contribution in [0.2, 0.25) is 0 Å². The number of ether oxygens (including phenoxy) is 1. The molecule has 0 bridgehead atoms. The first kappa shape index (κ1) is 15.8. The summed E-state index contributed by atoms with van der Waals surface area (Å²) in [5.41, 5.74) is 1.53. The zero-order valence-electron chi connectivity index (χ0n) is 12.7. The first-order valence-electron chi connectivity index (χ1n) is 7.04. The highest BCUT2D eigenvalue weighted by molar-refractivity contribution is 5.77. The van der Waals surface area contributed by atoms with Crippen LogP contribution in [0, 0.1) is 13.8 Å². The third kappa shape index (κ3) is 4.44. The van der Waals surface area contributed by atoms with Crippen molar-refractivity contribution in [1.29, 1.82) is 0 Å². The minimum Gasteiger partial charge on any atom is -0.484 e. The van der Waals surface area contributed by atoms with Gasteiger partial charge in [0.05, 0.1) is 6.33 Å². The Hall–Kier alpha value is -2.63. The molecule has 0 saturated heterocycles. The second-order valence-corrected chi connectivity index (χ2v) is 4.97. The molecule has 1 amide bonds. The number of hydrogen-bond donors (Lipinski definition) is 1. The lowest BCUT2D eigenvalue weighted by Crippen LogP contribution is -2.33. The number of benzene rings is 1. The largest absolute Gasteiger partial charge is 0.484 e. The van der Waals surface area contributed by atoms with Crippen molar-refractivity contribution >= 4 is 5.91 Å². The summed E-state index contributed by atoms with van der Waals surface area (Å²) in [6, 6.07) is 8.97. The molecule has 0 spiro atoms. The van der Waals surface area contributed by atoms with Crippen molar-refractivity contribution in [3.63, 3.8) is 0 Å². The molecule has 2 rings (SSSR count). The third-order valence-corrected chi connectivity index (χ3v) is 3.14. The summed E-state index contributed by atoms with van der Waals surface area (Å²) in [5, 5.41) is 2.71. The number of rotatable bonds is 6. The van der Waals surface area contributed by atoms with E-state index in [4.69, 9.17) is 4.74 Å². The van der Waals surface area contributed by atoms with Crippen LogP contribution in [-0.2, 0) is 11.3 Å². The molecule has 0 fully saturated rings. The van der Waals surface area contributed by atoms with Gasteiger partial charge < -0.3 is 10.1 Å². The van der Waals surface area contributed by atoms with Gasteiger partial charge >= 0.3 is 0 Å². The zero-order chi connectivity index (χ0) is 15.9. The Bertz CT molecular complexity index is 710. The number of para-hydroxylation sites is 1. The quantitative estimate of drug-likeness (QED) is 0.865. The summed E-state index contributed by atoms with van der Waals surface area (Å²) in [5.74, 6) is 0.466. The Morgan fingerprint density at radius 1 is 1.32 bits per heavy atom. The van der Waals surface area contributed by atoms with Crippen LogP contribution in [0.3, 0.4) is 0 Å². The van der Waals surface area contributed by atoms with E-state index in [0.29, 0.717) is 24.5 Å². The van der Waals surface area contributed by atoms with Gasteiger partial charge in [-0.15, -0.1) is 0 Å². The van der Waals surface area contributed by atoms with Gasteiger partial charge in [-0.1, -0.05) is 18.2 Å². The van der Waals surface area contributed by atoms with Crippen molar-refractivity contribution in [2.24, 2.45) is 0 Å². The molecule has 1 heterocycles. The molecule has 6 heteroatoms. The molecule has 0 saturated carbocycles. The molecule has 22 heavy (non-hydrogen) atoms. The molecule has 6 nitrogen and oxygen atoms in total. The number of carbonyl (C=O) groups is 1. The van der Waals surface area contributed by atoms with Gasteiger partial charge in [0.2, 0.25) is 0 Å². The fourth-order valence-corrected chi connectivity index (χ4v) is 1.91. The molecule has 0 unspecified atom stereocenters. The normalized spacial score (nSPS) is 10.3. The molecule has 0 aliphatic heterocycles. The standard InChI is InChI=1S/C16H19N3O3/c1-12-5-3-4-6-14(12)22-10-15(20)17-7-8-19-11-18-13(2)9-16(19)21/h3-6,9,11H,7-8,10H2,1-2H3,(H,17,20). The van der Waals surface area contributed by atoms with Gasteiger partial charge in [0.15, 0.2) is 6.61 Å². The number of nitrogens with zero attached hydrogens (tertiary/aromatic N) is 2. The summed E-state index contributed by atoms with van der Waals surface area (Å²) >= 11 is 0. The number of aromatic nitrogens is 2. The van der Waals surface area contributed by atoms with Crippen LogP contribution in [-0.4, -0.2) is 28.6 Å². The molecule has 0 atom stereocenters. The Morgan fingerprint density at radius 3 is 2.82 bits per heavy atom. The van der Waals surface area contributed by atoms with Crippen LogP contribution < -0.4 is 15.6 Å². The predicted molar refractivity (Wildman–Crippen MR) is 82.9 cm³/mol. The highest BCUT2D eigenvalue weighted by Gasteiger charge is 2.04. The van der Waals surface area contributed by atoms with Gasteiger partial charge in [-0.05, 0) is 25.5 Å². The topological polar surface area (TPSA) is 73.2 Å². The van der Waals surface area contributed by atoms with E-state index in [2.05, 4.69) is 10.3 Å². The van der Waals surface area contributed by atoms with Crippen LogP contribution in [0.5, 0.6) is 5.75 Å². The number of carbonyl (C=O) groups excluding carboxylic acids is 1. The summed E-state index contributed by atoms with van der Waals surface area (Å²) in [4.78, 5) is 27.4. The van der Waals surface area contributed by atoms with E-state index in [9.17, 15) is 9.59 Å². The van der Waals surface area contributed by atoms with Crippen molar-refractivity contribution < 1.29 is 9.53 Å². The average molecular weight is 301 g/mol. The van der Waals surface area contributed by atoms with Crippen LogP contribution >= 0.6 is 0 Å². The maximum Gasteiger partial charge on any atom is 0.258 e. The van der Waals surface area contributed by atoms with E-state index in [1.165, 1.54) is 17.0 Å². The van der Waals surface area contributed by atoms with Crippen molar-refractivity contribution in [3.05, 3.63) is 58.3 Å². The van der Waals surface area contributed by atoms with Gasteiger partial charge in [0.25, 0.3) is 11.5 Å². The van der Waals surface area contributed by atoms with Crippen LogP contribution in [0.1, 0.15) is 11.3 Å². The monoisotopic (exact) mass is 301 g/mol. The Labute approximate surface area is 128 Å². The fourth-order valence-electron chi connectivity index (χ4n) is 1.91. The van der Waals surface area contributed by atoms with Crippen molar-refractivity contribution in [1.82, 2.24) is 14.9 Å². The molecule has 1 aromatic carbocycles. The number of hydrogen-bond acceptors (Lipinski definition) is 4. The Balaban J connectivity index is 1.76. The van der Waals surface area contributed by atoms with Gasteiger partial charge in [-0.3, -0.25) is 14.2 Å². The van der Waals surface area contributed by atoms with Gasteiger partial charge in [-0.2, -0.15) is 0 Å². The SMILES string of the molecule is Cc1cc(=O)n(CCNC(=O)COc2ccccc2C)cn1. The highest BCUT2D eigenvalue weighted by Crippen LogP contribution is 2.15. The summed E-state index contributed by atoms with van der Waals surface area (Å²) in [6.45, 7) is 4.36. The Morgan fingerprint density at radius 2 is 2.09 bits per heavy atom. The fraction of sp³-hybridized carbons (Fsp3) is 0.312. The Kier molecular flexibility index (Phi) is 5.30. The molecule has 1 aromatic heterocycles. The van der Waals surface area contributed by atoms with E-state index < -0.39 is 0 Å². The summed E-state index contributed by atoms with van der Waals surface area (Å²) in [7, 11) is 0. The maximum absolute atomic E-state index is 11.7. The summed E-state index contributed by atoms with van der Waals surface area (Å²) in [6.07, 6.45) is 1.48. The van der Waals surface area contributed by atoms with E-state index in [1.54, 1.807) is 6.92 Å². The zero-order valence-corrected chi connectivity index (χ0v) is 12.7. The number of aryl methyl sites for hydroxylation is 2. The highest BCUT2D eigenvalue weighted by atomic mass is 16.5. The van der Waals surface area contributed by atoms with Crippen LogP contribution in [0.25, 0.3) is 0 Å². The molecule has 0 aliphatic rings. The van der Waals surface area contributed by atoms with Crippen LogP contribution in [0.15, 0.2) is 41.5 Å². The van der Waals surface area contributed by atoms with Gasteiger partial charge in [0, 0.05) is 24.8 Å². The maximum atomic E-state index is 11.7. The molecule has 1 N–H and O–H groups in total. The molecule has 2 aromatic rings. The van der Waals surface area contributed by atoms with E-state index in [1.807, 2.05) is 31.2 Å². The lowest BCUT2D eigenvalue weighted by molar-refractivity contribution is -0.123. The minimum atomic E-state index is -0.226. The van der Waals surface area contributed by atoms with Crippen LogP contribution in [0.4, 0.5) is 0 Å². The third-order valence-electron chi connectivity index (χ3n) is 3.14.